The molecule has 0 amide bonds. The first-order chi connectivity index (χ1) is 9.25. The van der Waals surface area contributed by atoms with Crippen molar-refractivity contribution < 1.29 is 0 Å². The van der Waals surface area contributed by atoms with E-state index in [-0.39, 0.29) is 0 Å². The van der Waals surface area contributed by atoms with E-state index in [1.807, 2.05) is 6.20 Å². The Balaban J connectivity index is 2.12. The van der Waals surface area contributed by atoms with E-state index in [4.69, 9.17) is 0 Å². The number of aromatic nitrogens is 1. The highest BCUT2D eigenvalue weighted by atomic mass is 79.9. The van der Waals surface area contributed by atoms with Crippen molar-refractivity contribution in [2.45, 2.75) is 13.3 Å². The largest absolute Gasteiger partial charge is 0.355 e. The Morgan fingerprint density at radius 3 is 3.00 bits per heavy atom. The fourth-order valence-corrected chi connectivity index (χ4v) is 3.38. The first-order valence-electron chi connectivity index (χ1n) is 6.76. The lowest BCUT2D eigenvalue weighted by molar-refractivity contribution is 0.724. The van der Waals surface area contributed by atoms with Crippen LogP contribution in [-0.2, 0) is 0 Å². The maximum Gasteiger partial charge on any atom is 0.136 e. The van der Waals surface area contributed by atoms with Gasteiger partial charge in [0.2, 0.25) is 0 Å². The molecule has 0 spiro atoms. The Bertz CT molecular complexity index is 589. The van der Waals surface area contributed by atoms with Gasteiger partial charge in [-0.1, -0.05) is 15.9 Å². The number of halogens is 1. The van der Waals surface area contributed by atoms with E-state index in [9.17, 15) is 0 Å². The monoisotopic (exact) mass is 319 g/mol. The van der Waals surface area contributed by atoms with Gasteiger partial charge in [-0.3, -0.25) is 0 Å². The first-order valence-corrected chi connectivity index (χ1v) is 7.55. The highest BCUT2D eigenvalue weighted by molar-refractivity contribution is 9.10. The molecular formula is C15H18BrN3. The second-order valence-electron chi connectivity index (χ2n) is 5.07. The van der Waals surface area contributed by atoms with Gasteiger partial charge in [-0.25, -0.2) is 4.98 Å². The molecule has 1 N–H and O–H groups in total. The third kappa shape index (κ3) is 2.60. The third-order valence-electron chi connectivity index (χ3n) is 3.59. The predicted octanol–water partition coefficient (Wildman–Crippen LogP) is 3.11. The molecule has 100 valence electrons. The molecule has 0 unspecified atom stereocenters. The summed E-state index contributed by atoms with van der Waals surface area (Å²) in [6.07, 6.45) is 3.08. The van der Waals surface area contributed by atoms with Gasteiger partial charge in [0.1, 0.15) is 5.82 Å². The molecular weight excluding hydrogens is 302 g/mol. The number of nitrogens with one attached hydrogen (secondary N) is 1. The summed E-state index contributed by atoms with van der Waals surface area (Å²) < 4.78 is 1.15. The molecule has 4 heteroatoms. The summed E-state index contributed by atoms with van der Waals surface area (Å²) in [5, 5.41) is 5.93. The lowest BCUT2D eigenvalue weighted by atomic mass is 10.1. The summed E-state index contributed by atoms with van der Waals surface area (Å²) in [6.45, 7) is 6.36. The molecule has 2 aromatic rings. The Labute approximate surface area is 122 Å². The highest BCUT2D eigenvalue weighted by Gasteiger charge is 2.14. The zero-order valence-electron chi connectivity index (χ0n) is 11.1. The van der Waals surface area contributed by atoms with E-state index in [0.29, 0.717) is 0 Å². The number of nitrogens with zero attached hydrogens (tertiary/aromatic N) is 2. The highest BCUT2D eigenvalue weighted by Crippen LogP contribution is 2.31. The van der Waals surface area contributed by atoms with Crippen molar-refractivity contribution in [3.63, 3.8) is 0 Å². The minimum absolute atomic E-state index is 1.03. The zero-order chi connectivity index (χ0) is 13.2. The molecule has 1 fully saturated rings. The smallest absolute Gasteiger partial charge is 0.136 e. The van der Waals surface area contributed by atoms with Crippen LogP contribution >= 0.6 is 15.9 Å². The topological polar surface area (TPSA) is 28.2 Å². The van der Waals surface area contributed by atoms with Gasteiger partial charge in [0.25, 0.3) is 0 Å². The number of rotatable bonds is 1. The molecule has 0 atom stereocenters. The molecule has 19 heavy (non-hydrogen) atoms. The van der Waals surface area contributed by atoms with Gasteiger partial charge in [0, 0.05) is 41.1 Å². The Hall–Kier alpha value is -1.13. The van der Waals surface area contributed by atoms with Crippen LogP contribution in [0.4, 0.5) is 5.82 Å². The summed E-state index contributed by atoms with van der Waals surface area (Å²) in [5.74, 6) is 1.12. The van der Waals surface area contributed by atoms with Crippen molar-refractivity contribution in [2.75, 3.05) is 31.1 Å². The normalized spacial score (nSPS) is 16.6. The molecule has 1 aliphatic rings. The molecule has 0 bridgehead atoms. The Kier molecular flexibility index (Phi) is 3.71. The summed E-state index contributed by atoms with van der Waals surface area (Å²) in [4.78, 5) is 7.03. The van der Waals surface area contributed by atoms with Crippen molar-refractivity contribution in [3.8, 4) is 0 Å². The van der Waals surface area contributed by atoms with Crippen LogP contribution in [0.25, 0.3) is 10.8 Å². The van der Waals surface area contributed by atoms with Crippen LogP contribution in [0.3, 0.4) is 0 Å². The molecule has 0 aliphatic carbocycles. The minimum Gasteiger partial charge on any atom is -0.355 e. The lowest BCUT2D eigenvalue weighted by Gasteiger charge is -2.23. The van der Waals surface area contributed by atoms with Gasteiger partial charge in [-0.05, 0) is 43.7 Å². The van der Waals surface area contributed by atoms with Gasteiger partial charge in [-0.2, -0.15) is 0 Å². The first kappa shape index (κ1) is 12.9. The summed E-state index contributed by atoms with van der Waals surface area (Å²) >= 11 is 3.66. The molecule has 1 aliphatic heterocycles. The summed E-state index contributed by atoms with van der Waals surface area (Å²) in [5.41, 5.74) is 1.27. The molecule has 0 radical (unpaired) electrons. The average molecular weight is 320 g/mol. The van der Waals surface area contributed by atoms with Crippen LogP contribution < -0.4 is 10.2 Å². The van der Waals surface area contributed by atoms with Crippen LogP contribution in [0.2, 0.25) is 0 Å². The summed E-state index contributed by atoms with van der Waals surface area (Å²) in [7, 11) is 0. The second kappa shape index (κ2) is 5.47. The van der Waals surface area contributed by atoms with Crippen molar-refractivity contribution >= 4 is 32.5 Å². The van der Waals surface area contributed by atoms with E-state index in [1.54, 1.807) is 0 Å². The second-order valence-corrected chi connectivity index (χ2v) is 5.92. The fourth-order valence-electron chi connectivity index (χ4n) is 2.67. The van der Waals surface area contributed by atoms with E-state index in [2.05, 4.69) is 56.3 Å². The van der Waals surface area contributed by atoms with E-state index in [0.717, 1.165) is 36.5 Å². The molecule has 1 aromatic carbocycles. The third-order valence-corrected chi connectivity index (χ3v) is 4.25. The minimum atomic E-state index is 1.03. The number of benzene rings is 1. The zero-order valence-corrected chi connectivity index (χ0v) is 12.7. The fraction of sp³-hybridized carbons (Fsp3) is 0.400. The van der Waals surface area contributed by atoms with Crippen molar-refractivity contribution in [3.05, 3.63) is 34.4 Å². The van der Waals surface area contributed by atoms with Gasteiger partial charge in [-0.15, -0.1) is 0 Å². The molecule has 2 heterocycles. The van der Waals surface area contributed by atoms with Gasteiger partial charge < -0.3 is 10.2 Å². The van der Waals surface area contributed by atoms with Gasteiger partial charge in [0.15, 0.2) is 0 Å². The molecule has 3 nitrogen and oxygen atoms in total. The van der Waals surface area contributed by atoms with E-state index in [1.165, 1.54) is 22.8 Å². The molecule has 0 saturated carbocycles. The number of aryl methyl sites for hydroxylation is 1. The van der Waals surface area contributed by atoms with Crippen LogP contribution in [0.5, 0.6) is 0 Å². The predicted molar refractivity (Wildman–Crippen MR) is 83.9 cm³/mol. The van der Waals surface area contributed by atoms with Crippen LogP contribution in [0, 0.1) is 6.92 Å². The standard InChI is InChI=1S/C15H18BrN3/c1-11-9-13-12(14(16)10-11)3-5-18-15(13)19-7-2-4-17-6-8-19/h3,5,9-10,17H,2,4,6-8H2,1H3. The Morgan fingerprint density at radius 2 is 2.11 bits per heavy atom. The number of hydrogen-bond donors (Lipinski definition) is 1. The lowest BCUT2D eigenvalue weighted by Crippen LogP contribution is -2.28. The number of anilines is 1. The molecule has 3 rings (SSSR count). The molecule has 1 aromatic heterocycles. The van der Waals surface area contributed by atoms with Gasteiger partial charge in [0.05, 0.1) is 0 Å². The maximum absolute atomic E-state index is 4.63. The van der Waals surface area contributed by atoms with E-state index < -0.39 is 0 Å². The van der Waals surface area contributed by atoms with Crippen LogP contribution in [0.1, 0.15) is 12.0 Å². The maximum atomic E-state index is 4.63. The number of pyridine rings is 1. The van der Waals surface area contributed by atoms with Crippen LogP contribution in [0.15, 0.2) is 28.9 Å². The average Bonchev–Trinajstić information content (AvgIpc) is 2.67. The van der Waals surface area contributed by atoms with Gasteiger partial charge >= 0.3 is 0 Å². The van der Waals surface area contributed by atoms with Crippen molar-refractivity contribution in [2.24, 2.45) is 0 Å². The van der Waals surface area contributed by atoms with Crippen molar-refractivity contribution in [1.82, 2.24) is 10.3 Å². The molecule has 1 saturated heterocycles. The number of hydrogen-bond acceptors (Lipinski definition) is 3. The Morgan fingerprint density at radius 1 is 1.21 bits per heavy atom. The van der Waals surface area contributed by atoms with Crippen molar-refractivity contribution in [1.29, 1.82) is 0 Å². The SMILES string of the molecule is Cc1cc(Br)c2ccnc(N3CCCNCC3)c2c1. The summed E-state index contributed by atoms with van der Waals surface area (Å²) in [6, 6.07) is 6.48. The number of fused-ring (bicyclic) bond motifs is 1. The quantitative estimate of drug-likeness (QED) is 0.875. The van der Waals surface area contributed by atoms with Crippen LogP contribution in [-0.4, -0.2) is 31.2 Å². The van der Waals surface area contributed by atoms with E-state index >= 15 is 0 Å².